The zero-order chi connectivity index (χ0) is 14.7. The van der Waals surface area contributed by atoms with Crippen LogP contribution in [0, 0.1) is 0 Å². The number of amides is 2. The van der Waals surface area contributed by atoms with Gasteiger partial charge in [0.15, 0.2) is 0 Å². The van der Waals surface area contributed by atoms with Gasteiger partial charge in [-0.05, 0) is 24.3 Å². The predicted octanol–water partition coefficient (Wildman–Crippen LogP) is 0.747. The minimum absolute atomic E-state index is 0.0129. The van der Waals surface area contributed by atoms with Crippen molar-refractivity contribution in [2.24, 2.45) is 0 Å². The summed E-state index contributed by atoms with van der Waals surface area (Å²) >= 11 is 0. The molecule has 1 saturated heterocycles. The van der Waals surface area contributed by atoms with Gasteiger partial charge >= 0.3 is 12.0 Å². The zero-order valence-corrected chi connectivity index (χ0v) is 10.9. The molecule has 3 N–H and O–H groups in total. The number of carbonyl (C=O) groups is 2. The number of carbonyl (C=O) groups excluding carboxylic acids is 1. The third kappa shape index (κ3) is 3.00. The number of aliphatic carboxylic acids is 1. The maximum Gasteiger partial charge on any atom is 0.326 e. The van der Waals surface area contributed by atoms with Gasteiger partial charge in [-0.3, -0.25) is 0 Å². The van der Waals surface area contributed by atoms with Gasteiger partial charge in [-0.2, -0.15) is 0 Å². The molecule has 0 spiro atoms. The number of nitrogens with zero attached hydrogens (tertiary/aromatic N) is 1. The first-order chi connectivity index (χ1) is 9.51. The second-order valence-corrected chi connectivity index (χ2v) is 4.55. The lowest BCUT2D eigenvalue weighted by molar-refractivity contribution is -0.141. The molecular formula is C13H16N2O5. The molecule has 1 fully saturated rings. The molecular weight excluding hydrogens is 264 g/mol. The van der Waals surface area contributed by atoms with Crippen LogP contribution in [0.3, 0.4) is 0 Å². The SMILES string of the molecule is COc1ccc(NC(=O)N2C[C@@H](O)C[C@H]2C(=O)O)cc1. The number of aliphatic hydroxyl groups excluding tert-OH is 1. The number of ether oxygens (including phenoxy) is 1. The van der Waals surface area contributed by atoms with Gasteiger partial charge in [0.1, 0.15) is 11.8 Å². The molecule has 1 aliphatic heterocycles. The highest BCUT2D eigenvalue weighted by Gasteiger charge is 2.38. The average Bonchev–Trinajstić information content (AvgIpc) is 2.82. The van der Waals surface area contributed by atoms with Crippen molar-refractivity contribution >= 4 is 17.7 Å². The van der Waals surface area contributed by atoms with Crippen molar-refractivity contribution in [3.05, 3.63) is 24.3 Å². The van der Waals surface area contributed by atoms with Gasteiger partial charge in [-0.15, -0.1) is 0 Å². The number of hydrogen-bond donors (Lipinski definition) is 3. The van der Waals surface area contributed by atoms with E-state index < -0.39 is 24.1 Å². The third-order valence-corrected chi connectivity index (χ3v) is 3.17. The molecule has 0 unspecified atom stereocenters. The average molecular weight is 280 g/mol. The number of urea groups is 1. The van der Waals surface area contributed by atoms with Crippen LogP contribution in [0.1, 0.15) is 6.42 Å². The van der Waals surface area contributed by atoms with E-state index >= 15 is 0 Å². The summed E-state index contributed by atoms with van der Waals surface area (Å²) in [5.41, 5.74) is 0.529. The molecule has 0 saturated carbocycles. The van der Waals surface area contributed by atoms with Gasteiger partial charge in [0.05, 0.1) is 13.2 Å². The van der Waals surface area contributed by atoms with Gasteiger partial charge < -0.3 is 25.2 Å². The summed E-state index contributed by atoms with van der Waals surface area (Å²) < 4.78 is 5.00. The van der Waals surface area contributed by atoms with Crippen molar-refractivity contribution in [3.63, 3.8) is 0 Å². The molecule has 0 aliphatic carbocycles. The summed E-state index contributed by atoms with van der Waals surface area (Å²) in [5, 5.41) is 21.1. The lowest BCUT2D eigenvalue weighted by Gasteiger charge is -2.21. The molecule has 7 heteroatoms. The smallest absolute Gasteiger partial charge is 0.326 e. The predicted molar refractivity (Wildman–Crippen MR) is 70.8 cm³/mol. The zero-order valence-electron chi connectivity index (χ0n) is 10.9. The molecule has 0 bridgehead atoms. The Kier molecular flexibility index (Phi) is 4.09. The number of anilines is 1. The Balaban J connectivity index is 2.04. The number of β-amino-alcohol motifs (C(OH)–C–C–N with tert-alkyl or cyclic N) is 1. The number of carboxylic acids is 1. The number of benzene rings is 1. The monoisotopic (exact) mass is 280 g/mol. The molecule has 108 valence electrons. The van der Waals surface area contributed by atoms with Crippen LogP contribution in [-0.4, -0.2) is 52.9 Å². The first-order valence-electron chi connectivity index (χ1n) is 6.14. The molecule has 0 radical (unpaired) electrons. The second kappa shape index (κ2) is 5.79. The van der Waals surface area contributed by atoms with E-state index in [0.29, 0.717) is 11.4 Å². The quantitative estimate of drug-likeness (QED) is 0.758. The van der Waals surface area contributed by atoms with E-state index in [9.17, 15) is 14.7 Å². The Bertz CT molecular complexity index is 502. The van der Waals surface area contributed by atoms with Crippen molar-refractivity contribution in [3.8, 4) is 5.75 Å². The molecule has 1 aliphatic rings. The molecule has 2 rings (SSSR count). The van der Waals surface area contributed by atoms with E-state index in [1.807, 2.05) is 0 Å². The highest BCUT2D eigenvalue weighted by Crippen LogP contribution is 2.21. The van der Waals surface area contributed by atoms with E-state index in [0.717, 1.165) is 4.90 Å². The number of carboxylic acid groups (broad SMARTS) is 1. The first-order valence-corrected chi connectivity index (χ1v) is 6.14. The van der Waals surface area contributed by atoms with E-state index in [1.54, 1.807) is 24.3 Å². The summed E-state index contributed by atoms with van der Waals surface area (Å²) in [5.74, 6) is -0.463. The summed E-state index contributed by atoms with van der Waals surface area (Å²) in [6.07, 6.45) is -0.761. The molecule has 1 aromatic carbocycles. The Morgan fingerprint density at radius 3 is 2.55 bits per heavy atom. The Morgan fingerprint density at radius 1 is 1.35 bits per heavy atom. The van der Waals surface area contributed by atoms with E-state index in [2.05, 4.69) is 5.32 Å². The lowest BCUT2D eigenvalue weighted by atomic mass is 10.2. The normalized spacial score (nSPS) is 21.6. The number of nitrogens with one attached hydrogen (secondary N) is 1. The van der Waals surface area contributed by atoms with Gasteiger partial charge in [-0.1, -0.05) is 0 Å². The van der Waals surface area contributed by atoms with Crippen LogP contribution < -0.4 is 10.1 Å². The van der Waals surface area contributed by atoms with Gasteiger partial charge in [-0.25, -0.2) is 9.59 Å². The first kappa shape index (κ1) is 14.1. The fourth-order valence-corrected chi connectivity index (χ4v) is 2.14. The summed E-state index contributed by atoms with van der Waals surface area (Å²) in [7, 11) is 1.54. The number of aliphatic hydroxyl groups is 1. The number of likely N-dealkylation sites (tertiary alicyclic amines) is 1. The van der Waals surface area contributed by atoms with E-state index in [1.165, 1.54) is 7.11 Å². The third-order valence-electron chi connectivity index (χ3n) is 3.17. The highest BCUT2D eigenvalue weighted by atomic mass is 16.5. The van der Waals surface area contributed by atoms with Crippen LogP contribution >= 0.6 is 0 Å². The van der Waals surface area contributed by atoms with E-state index in [-0.39, 0.29) is 13.0 Å². The largest absolute Gasteiger partial charge is 0.497 e. The van der Waals surface area contributed by atoms with Crippen LogP contribution in [0.4, 0.5) is 10.5 Å². The highest BCUT2D eigenvalue weighted by molar-refractivity contribution is 5.92. The molecule has 2 amide bonds. The van der Waals surface area contributed by atoms with E-state index in [4.69, 9.17) is 9.84 Å². The molecule has 2 atom stereocenters. The number of hydrogen-bond acceptors (Lipinski definition) is 4. The standard InChI is InChI=1S/C13H16N2O5/c1-20-10-4-2-8(3-5-10)14-13(19)15-7-9(16)6-11(15)12(17)18/h2-5,9,11,16H,6-7H2,1H3,(H,14,19)(H,17,18)/t9-,11-/m0/s1. The van der Waals surface area contributed by atoms with Crippen molar-refractivity contribution in [2.75, 3.05) is 19.0 Å². The minimum atomic E-state index is -1.12. The minimum Gasteiger partial charge on any atom is -0.497 e. The summed E-state index contributed by atoms with van der Waals surface area (Å²) in [6.45, 7) is 0.0129. The number of methoxy groups -OCH3 is 1. The Hall–Kier alpha value is -2.28. The van der Waals surface area contributed by atoms with Crippen molar-refractivity contribution in [1.82, 2.24) is 4.90 Å². The molecule has 20 heavy (non-hydrogen) atoms. The second-order valence-electron chi connectivity index (χ2n) is 4.55. The number of rotatable bonds is 3. The van der Waals surface area contributed by atoms with Gasteiger partial charge in [0.2, 0.25) is 0 Å². The maximum atomic E-state index is 12.0. The van der Waals surface area contributed by atoms with Crippen LogP contribution in [-0.2, 0) is 4.79 Å². The van der Waals surface area contributed by atoms with Crippen LogP contribution in [0.25, 0.3) is 0 Å². The lowest BCUT2D eigenvalue weighted by Crippen LogP contribution is -2.43. The summed E-state index contributed by atoms with van der Waals surface area (Å²) in [6, 6.07) is 5.13. The van der Waals surface area contributed by atoms with Crippen molar-refractivity contribution in [1.29, 1.82) is 0 Å². The van der Waals surface area contributed by atoms with Gasteiger partial charge in [0, 0.05) is 18.7 Å². The topological polar surface area (TPSA) is 99.1 Å². The fourth-order valence-electron chi connectivity index (χ4n) is 2.14. The van der Waals surface area contributed by atoms with Gasteiger partial charge in [0.25, 0.3) is 0 Å². The summed E-state index contributed by atoms with van der Waals surface area (Å²) in [4.78, 5) is 24.2. The maximum absolute atomic E-state index is 12.0. The van der Waals surface area contributed by atoms with Crippen molar-refractivity contribution < 1.29 is 24.5 Å². The van der Waals surface area contributed by atoms with Crippen LogP contribution in [0.15, 0.2) is 24.3 Å². The fraction of sp³-hybridized carbons (Fsp3) is 0.385. The van der Waals surface area contributed by atoms with Crippen LogP contribution in [0.5, 0.6) is 5.75 Å². The van der Waals surface area contributed by atoms with Crippen LogP contribution in [0.2, 0.25) is 0 Å². The molecule has 7 nitrogen and oxygen atoms in total. The Morgan fingerprint density at radius 2 is 2.00 bits per heavy atom. The van der Waals surface area contributed by atoms with Crippen molar-refractivity contribution in [2.45, 2.75) is 18.6 Å². The Labute approximate surface area is 115 Å². The molecule has 0 aromatic heterocycles. The molecule has 1 heterocycles. The molecule has 1 aromatic rings.